The average molecular weight is 175 g/mol. The molecule has 0 saturated heterocycles. The molecule has 0 spiro atoms. The number of nitrogens with zero attached hydrogens (tertiary/aromatic N) is 4. The van der Waals surface area contributed by atoms with Gasteiger partial charge in [-0.25, -0.2) is 4.68 Å². The molecule has 0 atom stereocenters. The van der Waals surface area contributed by atoms with E-state index in [1.54, 1.807) is 0 Å². The molecule has 1 aliphatic rings. The van der Waals surface area contributed by atoms with Crippen molar-refractivity contribution in [2.24, 2.45) is 0 Å². The molecule has 0 aromatic carbocycles. The van der Waals surface area contributed by atoms with E-state index in [0.717, 1.165) is 18.8 Å². The Bertz CT molecular complexity index is 202. The maximum atomic E-state index is 3.92. The van der Waals surface area contributed by atoms with E-state index in [1.807, 2.05) is 4.68 Å². The van der Waals surface area contributed by atoms with Crippen molar-refractivity contribution in [2.75, 3.05) is 0 Å². The molecule has 2 heterocycles. The molecule has 0 fully saturated rings. The quantitative estimate of drug-likeness (QED) is 0.585. The molecule has 0 saturated carbocycles. The van der Waals surface area contributed by atoms with E-state index in [9.17, 15) is 0 Å². The minimum Gasteiger partial charge on any atom is -0.230 e. The summed E-state index contributed by atoms with van der Waals surface area (Å²) in [6.07, 6.45) is 4.80. The Balaban J connectivity index is 0.000000605. The van der Waals surface area contributed by atoms with E-state index in [4.69, 9.17) is 0 Å². The number of tetrazole rings is 1. The van der Waals surface area contributed by atoms with Crippen LogP contribution in [-0.2, 0) is 13.0 Å². The first kappa shape index (κ1) is 8.46. The van der Waals surface area contributed by atoms with Crippen LogP contribution < -0.4 is 0 Å². The molecule has 0 amide bonds. The Morgan fingerprint density at radius 3 is 3.00 bits per heavy atom. The summed E-state index contributed by atoms with van der Waals surface area (Å²) < 4.78 is 1.91. The molecule has 5 heteroatoms. The fraction of sp³-hybridized carbons (Fsp3) is 0.833. The van der Waals surface area contributed by atoms with Crippen LogP contribution in [-0.4, -0.2) is 20.2 Å². The topological polar surface area (TPSA) is 43.6 Å². The highest BCUT2D eigenvalue weighted by Gasteiger charge is 2.08. The van der Waals surface area contributed by atoms with Crippen LogP contribution in [0, 0.1) is 0 Å². The van der Waals surface area contributed by atoms with Gasteiger partial charge < -0.3 is 0 Å². The van der Waals surface area contributed by atoms with Crippen molar-refractivity contribution in [3.63, 3.8) is 0 Å². The predicted octanol–water partition coefficient (Wildman–Crippen LogP) is 0.821. The number of rotatable bonds is 0. The summed E-state index contributed by atoms with van der Waals surface area (Å²) in [5.41, 5.74) is 0. The van der Waals surface area contributed by atoms with E-state index in [-0.39, 0.29) is 12.4 Å². The molecule has 0 N–H and O–H groups in total. The van der Waals surface area contributed by atoms with Gasteiger partial charge in [0.15, 0.2) is 5.82 Å². The fourth-order valence-electron chi connectivity index (χ4n) is 1.30. The number of aromatic nitrogens is 4. The highest BCUT2D eigenvalue weighted by Crippen LogP contribution is 2.09. The molecular weight excluding hydrogens is 164 g/mol. The molecule has 62 valence electrons. The summed E-state index contributed by atoms with van der Waals surface area (Å²) in [6.45, 7) is 1.00. The second kappa shape index (κ2) is 3.67. The van der Waals surface area contributed by atoms with Crippen molar-refractivity contribution in [1.82, 2.24) is 20.2 Å². The van der Waals surface area contributed by atoms with Crippen LogP contribution in [0.15, 0.2) is 0 Å². The minimum atomic E-state index is 0. The fourth-order valence-corrected chi connectivity index (χ4v) is 1.30. The summed E-state index contributed by atoms with van der Waals surface area (Å²) in [7, 11) is 0. The first-order valence-electron chi connectivity index (χ1n) is 3.72. The van der Waals surface area contributed by atoms with E-state index in [1.165, 1.54) is 19.3 Å². The molecule has 0 radical (unpaired) electrons. The molecule has 1 aromatic rings. The summed E-state index contributed by atoms with van der Waals surface area (Å²) in [5, 5.41) is 11.4. The van der Waals surface area contributed by atoms with Crippen LogP contribution in [0.5, 0.6) is 0 Å². The average Bonchev–Trinajstić information content (AvgIpc) is 2.28. The maximum Gasteiger partial charge on any atom is 0.151 e. The third kappa shape index (κ3) is 1.68. The Kier molecular flexibility index (Phi) is 2.82. The van der Waals surface area contributed by atoms with Crippen molar-refractivity contribution in [3.05, 3.63) is 5.82 Å². The zero-order chi connectivity index (χ0) is 6.81. The van der Waals surface area contributed by atoms with Crippen LogP contribution in [0.4, 0.5) is 0 Å². The van der Waals surface area contributed by atoms with Crippen molar-refractivity contribution in [1.29, 1.82) is 0 Å². The van der Waals surface area contributed by atoms with Crippen molar-refractivity contribution < 1.29 is 0 Å². The molecule has 2 rings (SSSR count). The Hall–Kier alpha value is -0.640. The molecule has 4 nitrogen and oxygen atoms in total. The van der Waals surface area contributed by atoms with E-state index >= 15 is 0 Å². The van der Waals surface area contributed by atoms with Crippen LogP contribution in [0.1, 0.15) is 25.1 Å². The zero-order valence-electron chi connectivity index (χ0n) is 6.23. The molecule has 0 bridgehead atoms. The number of halogens is 1. The summed E-state index contributed by atoms with van der Waals surface area (Å²) in [4.78, 5) is 0. The van der Waals surface area contributed by atoms with Crippen LogP contribution in [0.25, 0.3) is 0 Å². The van der Waals surface area contributed by atoms with Crippen LogP contribution in [0.2, 0.25) is 0 Å². The van der Waals surface area contributed by atoms with Crippen molar-refractivity contribution in [3.8, 4) is 0 Å². The zero-order valence-corrected chi connectivity index (χ0v) is 7.05. The van der Waals surface area contributed by atoms with Gasteiger partial charge in [-0.1, -0.05) is 6.42 Å². The lowest BCUT2D eigenvalue weighted by molar-refractivity contribution is 0.556. The second-order valence-electron chi connectivity index (χ2n) is 2.63. The number of aryl methyl sites for hydroxylation is 2. The lowest BCUT2D eigenvalue weighted by Gasteiger charge is -1.94. The number of hydrogen-bond donors (Lipinski definition) is 0. The highest BCUT2D eigenvalue weighted by molar-refractivity contribution is 5.85. The van der Waals surface area contributed by atoms with Gasteiger partial charge in [-0.2, -0.15) is 0 Å². The first-order valence-corrected chi connectivity index (χ1v) is 3.72. The van der Waals surface area contributed by atoms with Gasteiger partial charge in [-0.15, -0.1) is 17.5 Å². The Morgan fingerprint density at radius 1 is 1.18 bits per heavy atom. The van der Waals surface area contributed by atoms with E-state index in [2.05, 4.69) is 15.5 Å². The normalized spacial score (nSPS) is 16.4. The largest absolute Gasteiger partial charge is 0.230 e. The summed E-state index contributed by atoms with van der Waals surface area (Å²) in [6, 6.07) is 0. The molecule has 1 aliphatic heterocycles. The van der Waals surface area contributed by atoms with Gasteiger partial charge in [-0.3, -0.25) is 0 Å². The lowest BCUT2D eigenvalue weighted by Crippen LogP contribution is -2.02. The maximum absolute atomic E-state index is 3.92. The van der Waals surface area contributed by atoms with Gasteiger partial charge in [0.2, 0.25) is 0 Å². The monoisotopic (exact) mass is 174 g/mol. The molecular formula is C6H11ClN4. The molecule has 0 unspecified atom stereocenters. The van der Waals surface area contributed by atoms with Gasteiger partial charge in [0, 0.05) is 13.0 Å². The molecule has 11 heavy (non-hydrogen) atoms. The van der Waals surface area contributed by atoms with Crippen molar-refractivity contribution in [2.45, 2.75) is 32.2 Å². The Morgan fingerprint density at radius 2 is 2.09 bits per heavy atom. The minimum absolute atomic E-state index is 0. The SMILES string of the molecule is C1CCc2nnnn2CC1.Cl. The van der Waals surface area contributed by atoms with E-state index < -0.39 is 0 Å². The lowest BCUT2D eigenvalue weighted by atomic mass is 10.2. The predicted molar refractivity (Wildman–Crippen MR) is 42.6 cm³/mol. The summed E-state index contributed by atoms with van der Waals surface area (Å²) >= 11 is 0. The van der Waals surface area contributed by atoms with Gasteiger partial charge in [0.05, 0.1) is 0 Å². The standard InChI is InChI=1S/C6H10N4.ClH/c1-2-4-6-7-8-9-10(6)5-3-1;/h1-5H2;1H. The van der Waals surface area contributed by atoms with Crippen LogP contribution in [0.3, 0.4) is 0 Å². The van der Waals surface area contributed by atoms with Gasteiger partial charge >= 0.3 is 0 Å². The third-order valence-electron chi connectivity index (χ3n) is 1.88. The van der Waals surface area contributed by atoms with Gasteiger partial charge in [0.1, 0.15) is 0 Å². The van der Waals surface area contributed by atoms with Gasteiger partial charge in [-0.05, 0) is 23.3 Å². The van der Waals surface area contributed by atoms with Crippen LogP contribution >= 0.6 is 12.4 Å². The number of fused-ring (bicyclic) bond motifs is 1. The highest BCUT2D eigenvalue weighted by atomic mass is 35.5. The second-order valence-corrected chi connectivity index (χ2v) is 2.63. The van der Waals surface area contributed by atoms with Gasteiger partial charge in [0.25, 0.3) is 0 Å². The summed E-state index contributed by atoms with van der Waals surface area (Å²) in [5.74, 6) is 1.05. The number of hydrogen-bond acceptors (Lipinski definition) is 3. The first-order chi connectivity index (χ1) is 4.97. The molecule has 0 aliphatic carbocycles. The smallest absolute Gasteiger partial charge is 0.151 e. The van der Waals surface area contributed by atoms with Crippen molar-refractivity contribution >= 4 is 12.4 Å². The molecule has 1 aromatic heterocycles. The van der Waals surface area contributed by atoms with E-state index in [0.29, 0.717) is 0 Å². The third-order valence-corrected chi connectivity index (χ3v) is 1.88. The Labute approximate surface area is 71.4 Å².